The number of nitrogens with one attached hydrogen (secondary N) is 1. The Labute approximate surface area is 188 Å². The maximum atomic E-state index is 12.6. The van der Waals surface area contributed by atoms with Gasteiger partial charge in [-0.1, -0.05) is 47.5 Å². The van der Waals surface area contributed by atoms with E-state index in [1.807, 2.05) is 0 Å². The first kappa shape index (κ1) is 24.2. The zero-order valence-electron chi connectivity index (χ0n) is 16.5. The molecule has 0 spiro atoms. The number of anilines is 2. The lowest BCUT2D eigenvalue weighted by molar-refractivity contribution is -0.757. The first-order valence-corrected chi connectivity index (χ1v) is 9.96. The van der Waals surface area contributed by atoms with Crippen molar-refractivity contribution in [1.29, 1.82) is 0 Å². The van der Waals surface area contributed by atoms with Crippen LogP contribution in [0.15, 0.2) is 42.5 Å². The average molecular weight is 471 g/mol. The molecule has 0 saturated carbocycles. The summed E-state index contributed by atoms with van der Waals surface area (Å²) in [7, 11) is 0. The highest BCUT2D eigenvalue weighted by Gasteiger charge is 2.28. The highest BCUT2D eigenvalue weighted by atomic mass is 35.5. The third kappa shape index (κ3) is 7.62. The fourth-order valence-electron chi connectivity index (χ4n) is 2.59. The summed E-state index contributed by atoms with van der Waals surface area (Å²) in [6.45, 7) is 1.04. The predicted octanol–water partition coefficient (Wildman–Crippen LogP) is 4.87. The number of benzene rings is 2. The molecular weight excluding hydrogens is 451 g/mol. The molecule has 0 bridgehead atoms. The van der Waals surface area contributed by atoms with Crippen LogP contribution >= 0.6 is 23.2 Å². The van der Waals surface area contributed by atoms with Crippen LogP contribution in [-0.4, -0.2) is 30.2 Å². The van der Waals surface area contributed by atoms with Gasteiger partial charge in [-0.25, -0.2) is 4.79 Å². The summed E-state index contributed by atoms with van der Waals surface area (Å²) in [4.78, 5) is 38.6. The van der Waals surface area contributed by atoms with Gasteiger partial charge in [0.1, 0.15) is 0 Å². The van der Waals surface area contributed by atoms with E-state index >= 15 is 0 Å². The van der Waals surface area contributed by atoms with Crippen molar-refractivity contribution in [3.05, 3.63) is 68.2 Å². The lowest BCUT2D eigenvalue weighted by Gasteiger charge is -2.20. The summed E-state index contributed by atoms with van der Waals surface area (Å²) in [5, 5.41) is 13.0. The number of carbonyl (C=O) groups excluding carboxylic acids is 2. The maximum Gasteiger partial charge on any atom is 0.352 e. The van der Waals surface area contributed by atoms with Crippen molar-refractivity contribution in [3.8, 4) is 0 Å². The molecule has 1 unspecified atom stereocenters. The van der Waals surface area contributed by atoms with Gasteiger partial charge >= 0.3 is 11.9 Å². The molecule has 0 amide bonds. The lowest BCUT2D eigenvalue weighted by atomic mass is 10.1. The molecule has 0 aromatic heterocycles. The standard InChI is InChI=1S/C20H20Cl2N2O7/c1-13(25)31-19(20(26)29-11-4-5-12-30-24(27)28)14-7-2-3-10-17(14)23-18-15(21)8-6-9-16(18)22/h2-3,6-10,19,23H,4-5,11-12H2,1H3. The second-order valence-electron chi connectivity index (χ2n) is 6.23. The highest BCUT2D eigenvalue weighted by Crippen LogP contribution is 2.36. The number of esters is 2. The summed E-state index contributed by atoms with van der Waals surface area (Å²) in [6.07, 6.45) is -0.686. The molecule has 166 valence electrons. The van der Waals surface area contributed by atoms with Crippen LogP contribution in [0, 0.1) is 10.1 Å². The number of rotatable bonds is 11. The topological polar surface area (TPSA) is 117 Å². The molecule has 0 heterocycles. The van der Waals surface area contributed by atoms with Gasteiger partial charge in [0, 0.05) is 18.2 Å². The molecule has 1 N–H and O–H groups in total. The fraction of sp³-hybridized carbons (Fsp3) is 0.300. The quantitative estimate of drug-likeness (QED) is 0.214. The molecule has 2 aromatic carbocycles. The summed E-state index contributed by atoms with van der Waals surface area (Å²) in [6, 6.07) is 11.7. The van der Waals surface area contributed by atoms with Crippen LogP contribution in [0.2, 0.25) is 10.0 Å². The summed E-state index contributed by atoms with van der Waals surface area (Å²) >= 11 is 12.4. The van der Waals surface area contributed by atoms with Crippen molar-refractivity contribution in [1.82, 2.24) is 0 Å². The zero-order chi connectivity index (χ0) is 22.8. The van der Waals surface area contributed by atoms with Crippen molar-refractivity contribution in [3.63, 3.8) is 0 Å². The second kappa shape index (κ2) is 12.0. The Kier molecular flexibility index (Phi) is 9.36. The molecule has 0 radical (unpaired) electrons. The van der Waals surface area contributed by atoms with Gasteiger partial charge in [-0.15, -0.1) is 10.1 Å². The second-order valence-corrected chi connectivity index (χ2v) is 7.04. The van der Waals surface area contributed by atoms with Gasteiger partial charge in [0.25, 0.3) is 5.09 Å². The molecule has 1 atom stereocenters. The Bertz CT molecular complexity index is 919. The first-order valence-electron chi connectivity index (χ1n) is 9.20. The van der Waals surface area contributed by atoms with Crippen molar-refractivity contribution in [2.24, 2.45) is 0 Å². The summed E-state index contributed by atoms with van der Waals surface area (Å²) in [5.41, 5.74) is 1.22. The summed E-state index contributed by atoms with van der Waals surface area (Å²) in [5.74, 6) is -1.46. The lowest BCUT2D eigenvalue weighted by Crippen LogP contribution is -2.22. The van der Waals surface area contributed by atoms with Gasteiger partial charge in [0.15, 0.2) is 0 Å². The molecule has 0 aliphatic heterocycles. The Hall–Kier alpha value is -3.04. The third-order valence-electron chi connectivity index (χ3n) is 3.94. The third-order valence-corrected chi connectivity index (χ3v) is 4.57. The van der Waals surface area contributed by atoms with Crippen LogP contribution < -0.4 is 5.32 Å². The Morgan fingerprint density at radius 2 is 1.71 bits per heavy atom. The van der Waals surface area contributed by atoms with E-state index in [0.717, 1.165) is 0 Å². The van der Waals surface area contributed by atoms with Crippen molar-refractivity contribution < 1.29 is 29.0 Å². The number of nitrogens with zero attached hydrogens (tertiary/aromatic N) is 1. The number of unbranched alkanes of at least 4 members (excludes halogenated alkanes) is 1. The van der Waals surface area contributed by atoms with Gasteiger partial charge < -0.3 is 19.6 Å². The van der Waals surface area contributed by atoms with Gasteiger partial charge in [-0.05, 0) is 31.0 Å². The molecular formula is C20H20Cl2N2O7. The molecule has 0 aliphatic rings. The van der Waals surface area contributed by atoms with Crippen LogP contribution in [0.1, 0.15) is 31.4 Å². The molecule has 31 heavy (non-hydrogen) atoms. The van der Waals surface area contributed by atoms with E-state index in [4.69, 9.17) is 32.7 Å². The van der Waals surface area contributed by atoms with Gasteiger partial charge in [0.2, 0.25) is 6.10 Å². The van der Waals surface area contributed by atoms with E-state index in [2.05, 4.69) is 10.2 Å². The summed E-state index contributed by atoms with van der Waals surface area (Å²) < 4.78 is 10.4. The minimum Gasteiger partial charge on any atom is -0.463 e. The minimum absolute atomic E-state index is 0.0242. The molecule has 9 nitrogen and oxygen atoms in total. The smallest absolute Gasteiger partial charge is 0.352 e. The van der Waals surface area contributed by atoms with Crippen LogP contribution in [0.5, 0.6) is 0 Å². The zero-order valence-corrected chi connectivity index (χ0v) is 18.0. The van der Waals surface area contributed by atoms with Gasteiger partial charge in [-0.2, -0.15) is 0 Å². The van der Waals surface area contributed by atoms with E-state index < -0.39 is 23.1 Å². The predicted molar refractivity (Wildman–Crippen MR) is 114 cm³/mol. The number of para-hydroxylation sites is 2. The maximum absolute atomic E-state index is 12.6. The highest BCUT2D eigenvalue weighted by molar-refractivity contribution is 6.39. The molecule has 2 aromatic rings. The van der Waals surface area contributed by atoms with E-state index in [1.54, 1.807) is 42.5 Å². The largest absolute Gasteiger partial charge is 0.463 e. The molecule has 2 rings (SSSR count). The minimum atomic E-state index is -1.34. The fourth-order valence-corrected chi connectivity index (χ4v) is 3.08. The number of halogens is 2. The van der Waals surface area contributed by atoms with E-state index in [9.17, 15) is 19.7 Å². The Morgan fingerprint density at radius 1 is 1.06 bits per heavy atom. The van der Waals surface area contributed by atoms with Gasteiger partial charge in [-0.3, -0.25) is 4.79 Å². The Balaban J connectivity index is 2.16. The van der Waals surface area contributed by atoms with Gasteiger partial charge in [0.05, 0.1) is 28.9 Å². The van der Waals surface area contributed by atoms with Crippen LogP contribution in [-0.2, 0) is 23.9 Å². The molecule has 0 saturated heterocycles. The van der Waals surface area contributed by atoms with Crippen molar-refractivity contribution in [2.45, 2.75) is 25.9 Å². The van der Waals surface area contributed by atoms with Crippen LogP contribution in [0.3, 0.4) is 0 Å². The molecule has 0 fully saturated rings. The normalized spacial score (nSPS) is 11.3. The molecule has 0 aliphatic carbocycles. The van der Waals surface area contributed by atoms with Crippen LogP contribution in [0.25, 0.3) is 0 Å². The van der Waals surface area contributed by atoms with E-state index in [0.29, 0.717) is 39.8 Å². The van der Waals surface area contributed by atoms with Crippen LogP contribution in [0.4, 0.5) is 11.4 Å². The number of carbonyl (C=O) groups is 2. The van der Waals surface area contributed by atoms with Crippen molar-refractivity contribution >= 4 is 46.5 Å². The van der Waals surface area contributed by atoms with E-state index in [-0.39, 0.29) is 13.2 Å². The Morgan fingerprint density at radius 3 is 2.35 bits per heavy atom. The monoisotopic (exact) mass is 470 g/mol. The molecule has 11 heteroatoms. The average Bonchev–Trinajstić information content (AvgIpc) is 2.71. The SMILES string of the molecule is CC(=O)OC(C(=O)OCCCCO[N+](=O)[O-])c1ccccc1Nc1c(Cl)cccc1Cl. The van der Waals surface area contributed by atoms with E-state index in [1.165, 1.54) is 6.92 Å². The number of ether oxygens (including phenoxy) is 2. The first-order chi connectivity index (χ1) is 14.8. The number of hydrogen-bond acceptors (Lipinski definition) is 8. The number of hydrogen-bond donors (Lipinski definition) is 1. The van der Waals surface area contributed by atoms with Crippen molar-refractivity contribution in [2.75, 3.05) is 18.5 Å².